The van der Waals surface area contributed by atoms with Crippen molar-refractivity contribution in [2.45, 2.75) is 6.54 Å². The molecule has 1 aromatic carbocycles. The van der Waals surface area contributed by atoms with Gasteiger partial charge in [-0.15, -0.1) is 0 Å². The molecule has 0 atom stereocenters. The van der Waals surface area contributed by atoms with E-state index in [1.54, 1.807) is 0 Å². The minimum absolute atomic E-state index is 0.173. The van der Waals surface area contributed by atoms with Gasteiger partial charge in [-0.3, -0.25) is 9.36 Å². The van der Waals surface area contributed by atoms with Crippen LogP contribution in [0.5, 0.6) is 0 Å². The highest BCUT2D eigenvalue weighted by Crippen LogP contribution is 2.15. The lowest BCUT2D eigenvalue weighted by molar-refractivity contribution is -0.121. The number of benzene rings is 1. The van der Waals surface area contributed by atoms with Gasteiger partial charge in [-0.2, -0.15) is 0 Å². The minimum atomic E-state index is -0.668. The van der Waals surface area contributed by atoms with Crippen LogP contribution < -0.4 is 11.1 Å². The lowest BCUT2D eigenvalue weighted by Gasteiger charge is -2.05. The number of hydrogen-bond donors (Lipinski definition) is 1. The third-order valence-corrected chi connectivity index (χ3v) is 3.02. The molecular formula is C14H16N2O6. The molecule has 118 valence electrons. The summed E-state index contributed by atoms with van der Waals surface area (Å²) in [5.41, 5.74) is 0.914. The van der Waals surface area contributed by atoms with Gasteiger partial charge in [0.2, 0.25) is 5.91 Å². The zero-order valence-corrected chi connectivity index (χ0v) is 12.3. The monoisotopic (exact) mass is 308 g/mol. The van der Waals surface area contributed by atoms with Crippen LogP contribution in [-0.4, -0.2) is 43.8 Å². The van der Waals surface area contributed by atoms with Crippen LogP contribution in [-0.2, 0) is 20.8 Å². The van der Waals surface area contributed by atoms with Gasteiger partial charge in [0.1, 0.15) is 6.54 Å². The fourth-order valence-electron chi connectivity index (χ4n) is 1.95. The highest BCUT2D eigenvalue weighted by molar-refractivity contribution is 5.93. The molecule has 0 bridgehead atoms. The molecule has 0 aliphatic rings. The van der Waals surface area contributed by atoms with E-state index >= 15 is 0 Å². The van der Waals surface area contributed by atoms with Crippen molar-refractivity contribution in [3.63, 3.8) is 0 Å². The van der Waals surface area contributed by atoms with Crippen LogP contribution in [0.1, 0.15) is 10.4 Å². The Balaban J connectivity index is 2.24. The largest absolute Gasteiger partial charge is 0.465 e. The van der Waals surface area contributed by atoms with E-state index in [0.717, 1.165) is 0 Å². The molecule has 0 aliphatic carbocycles. The second kappa shape index (κ2) is 6.90. The van der Waals surface area contributed by atoms with Gasteiger partial charge in [0.25, 0.3) is 0 Å². The van der Waals surface area contributed by atoms with Gasteiger partial charge in [0.05, 0.1) is 24.8 Å². The van der Waals surface area contributed by atoms with Crippen molar-refractivity contribution in [3.8, 4) is 0 Å². The Kier molecular flexibility index (Phi) is 4.95. The quantitative estimate of drug-likeness (QED) is 0.602. The molecule has 0 saturated heterocycles. The van der Waals surface area contributed by atoms with E-state index in [1.165, 1.54) is 37.0 Å². The summed E-state index contributed by atoms with van der Waals surface area (Å²) < 4.78 is 15.7. The Labute approximate surface area is 125 Å². The first-order chi connectivity index (χ1) is 10.6. The predicted molar refractivity (Wildman–Crippen MR) is 76.7 cm³/mol. The summed E-state index contributed by atoms with van der Waals surface area (Å²) >= 11 is 0. The average molecular weight is 308 g/mol. The first-order valence-corrected chi connectivity index (χ1v) is 6.54. The van der Waals surface area contributed by atoms with E-state index in [4.69, 9.17) is 9.15 Å². The van der Waals surface area contributed by atoms with E-state index in [-0.39, 0.29) is 23.6 Å². The maximum absolute atomic E-state index is 11.8. The maximum Gasteiger partial charge on any atom is 0.420 e. The second-order valence-corrected chi connectivity index (χ2v) is 4.47. The predicted octanol–water partition coefficient (Wildman–Crippen LogP) is 0.144. The molecule has 1 amide bonds. The molecule has 1 aromatic heterocycles. The van der Waals surface area contributed by atoms with Gasteiger partial charge in [0, 0.05) is 13.7 Å². The van der Waals surface area contributed by atoms with Crippen molar-refractivity contribution >= 4 is 23.0 Å². The van der Waals surface area contributed by atoms with Gasteiger partial charge in [-0.1, -0.05) is 0 Å². The Morgan fingerprint density at radius 1 is 1.32 bits per heavy atom. The van der Waals surface area contributed by atoms with Gasteiger partial charge < -0.3 is 19.2 Å². The van der Waals surface area contributed by atoms with Gasteiger partial charge >= 0.3 is 11.7 Å². The zero-order valence-electron chi connectivity index (χ0n) is 12.3. The number of amides is 1. The Morgan fingerprint density at radius 2 is 2.09 bits per heavy atom. The van der Waals surface area contributed by atoms with E-state index in [0.29, 0.717) is 18.7 Å². The number of nitrogens with zero attached hydrogens (tertiary/aromatic N) is 1. The van der Waals surface area contributed by atoms with Crippen LogP contribution in [0.4, 0.5) is 0 Å². The number of esters is 1. The van der Waals surface area contributed by atoms with Crippen molar-refractivity contribution in [3.05, 3.63) is 34.3 Å². The molecule has 2 rings (SSSR count). The maximum atomic E-state index is 11.8. The van der Waals surface area contributed by atoms with Crippen LogP contribution in [0.25, 0.3) is 11.1 Å². The number of aromatic nitrogens is 1. The molecule has 0 fully saturated rings. The van der Waals surface area contributed by atoms with Gasteiger partial charge in [0.15, 0.2) is 5.58 Å². The normalized spacial score (nSPS) is 10.6. The summed E-state index contributed by atoms with van der Waals surface area (Å²) in [7, 11) is 2.79. The smallest absolute Gasteiger partial charge is 0.420 e. The number of rotatable bonds is 6. The molecule has 8 nitrogen and oxygen atoms in total. The number of carbonyl (C=O) groups excluding carboxylic acids is 2. The third kappa shape index (κ3) is 3.34. The summed E-state index contributed by atoms with van der Waals surface area (Å²) in [5.74, 6) is -1.53. The number of carbonyl (C=O) groups is 2. The minimum Gasteiger partial charge on any atom is -0.465 e. The number of oxazole rings is 1. The summed E-state index contributed by atoms with van der Waals surface area (Å²) in [5, 5.41) is 2.61. The van der Waals surface area contributed by atoms with E-state index < -0.39 is 11.7 Å². The lowest BCUT2D eigenvalue weighted by Crippen LogP contribution is -2.32. The fourth-order valence-corrected chi connectivity index (χ4v) is 1.95. The number of ether oxygens (including phenoxy) is 2. The molecule has 8 heteroatoms. The molecule has 0 unspecified atom stereocenters. The number of hydrogen-bond acceptors (Lipinski definition) is 6. The summed E-state index contributed by atoms with van der Waals surface area (Å²) in [6.45, 7) is 0.564. The Morgan fingerprint density at radius 3 is 2.77 bits per heavy atom. The molecular weight excluding hydrogens is 292 g/mol. The van der Waals surface area contributed by atoms with Crippen LogP contribution in [0, 0.1) is 0 Å². The summed E-state index contributed by atoms with van der Waals surface area (Å²) in [6, 6.07) is 4.44. The van der Waals surface area contributed by atoms with Crippen molar-refractivity contribution in [2.75, 3.05) is 27.4 Å². The Hall–Kier alpha value is -2.61. The number of nitrogens with one attached hydrogen (secondary N) is 1. The second-order valence-electron chi connectivity index (χ2n) is 4.47. The topological polar surface area (TPSA) is 99.8 Å². The van der Waals surface area contributed by atoms with Gasteiger partial charge in [-0.25, -0.2) is 9.59 Å². The first-order valence-electron chi connectivity index (χ1n) is 6.54. The summed E-state index contributed by atoms with van der Waals surface area (Å²) in [6.07, 6.45) is 0. The molecule has 0 aliphatic heterocycles. The van der Waals surface area contributed by atoms with Crippen molar-refractivity contribution < 1.29 is 23.5 Å². The van der Waals surface area contributed by atoms with Crippen molar-refractivity contribution in [1.29, 1.82) is 0 Å². The van der Waals surface area contributed by atoms with Crippen LogP contribution >= 0.6 is 0 Å². The lowest BCUT2D eigenvalue weighted by atomic mass is 10.2. The molecule has 22 heavy (non-hydrogen) atoms. The zero-order chi connectivity index (χ0) is 16.1. The van der Waals surface area contributed by atoms with E-state index in [9.17, 15) is 14.4 Å². The van der Waals surface area contributed by atoms with E-state index in [1.807, 2.05) is 0 Å². The fraction of sp³-hybridized carbons (Fsp3) is 0.357. The molecule has 0 radical (unpaired) electrons. The highest BCUT2D eigenvalue weighted by atomic mass is 16.5. The molecule has 2 aromatic rings. The summed E-state index contributed by atoms with van der Waals surface area (Å²) in [4.78, 5) is 35.0. The van der Waals surface area contributed by atoms with Crippen LogP contribution in [0.3, 0.4) is 0 Å². The standard InChI is InChI=1S/C14H16N2O6/c1-20-6-5-15-12(17)8-16-10-4-3-9(13(18)21-2)7-11(10)22-14(16)19/h3-4,7H,5-6,8H2,1-2H3,(H,15,17). The number of fused-ring (bicyclic) bond motifs is 1. The molecule has 1 N–H and O–H groups in total. The Bertz CT molecular complexity index is 745. The molecule has 0 spiro atoms. The number of methoxy groups -OCH3 is 2. The average Bonchev–Trinajstić information content (AvgIpc) is 2.82. The third-order valence-electron chi connectivity index (χ3n) is 3.02. The van der Waals surface area contributed by atoms with Crippen LogP contribution in [0.15, 0.2) is 27.4 Å². The van der Waals surface area contributed by atoms with E-state index in [2.05, 4.69) is 10.1 Å². The van der Waals surface area contributed by atoms with Crippen molar-refractivity contribution in [1.82, 2.24) is 9.88 Å². The molecule has 1 heterocycles. The molecule has 0 saturated carbocycles. The highest BCUT2D eigenvalue weighted by Gasteiger charge is 2.15. The van der Waals surface area contributed by atoms with Crippen LogP contribution in [0.2, 0.25) is 0 Å². The van der Waals surface area contributed by atoms with Gasteiger partial charge in [-0.05, 0) is 18.2 Å². The SMILES string of the molecule is COCCNC(=O)Cn1c(=O)oc2cc(C(=O)OC)ccc21. The van der Waals surface area contributed by atoms with Crippen molar-refractivity contribution in [2.24, 2.45) is 0 Å². The first kappa shape index (κ1) is 15.8.